The molecule has 0 spiro atoms. The van der Waals surface area contributed by atoms with Crippen LogP contribution < -0.4 is 4.74 Å². The van der Waals surface area contributed by atoms with E-state index in [4.69, 9.17) is 4.74 Å². The molecular formula is C21H19NO3. The van der Waals surface area contributed by atoms with E-state index >= 15 is 0 Å². The summed E-state index contributed by atoms with van der Waals surface area (Å²) in [5, 5.41) is 0. The Morgan fingerprint density at radius 2 is 1.44 bits per heavy atom. The standard InChI is InChI=1S/C21H19NO3/c1-13-9-11-17(12-10-13)19-18(14(2)23)21(25-15(3)24)20(22-19)16-7-5-4-6-8-16/h4-12,22H,1-3H3. The molecule has 4 heteroatoms. The Hall–Kier alpha value is -3.14. The predicted octanol–water partition coefficient (Wildman–Crippen LogP) is 4.79. The molecule has 0 aliphatic heterocycles. The van der Waals surface area contributed by atoms with Crippen molar-refractivity contribution in [2.75, 3.05) is 0 Å². The number of nitrogens with one attached hydrogen (secondary N) is 1. The molecule has 0 atom stereocenters. The first kappa shape index (κ1) is 16.7. The number of aromatic nitrogens is 1. The molecule has 0 radical (unpaired) electrons. The van der Waals surface area contributed by atoms with Gasteiger partial charge in [0, 0.05) is 12.5 Å². The van der Waals surface area contributed by atoms with E-state index in [0.717, 1.165) is 16.7 Å². The van der Waals surface area contributed by atoms with E-state index in [9.17, 15) is 9.59 Å². The number of rotatable bonds is 4. The Morgan fingerprint density at radius 3 is 2.00 bits per heavy atom. The van der Waals surface area contributed by atoms with Gasteiger partial charge in [-0.15, -0.1) is 0 Å². The Balaban J connectivity index is 2.28. The van der Waals surface area contributed by atoms with Gasteiger partial charge in [-0.1, -0.05) is 60.2 Å². The van der Waals surface area contributed by atoms with Crippen molar-refractivity contribution < 1.29 is 14.3 Å². The van der Waals surface area contributed by atoms with Crippen molar-refractivity contribution in [3.63, 3.8) is 0 Å². The minimum atomic E-state index is -0.464. The molecule has 2 aromatic carbocycles. The highest BCUT2D eigenvalue weighted by atomic mass is 16.5. The van der Waals surface area contributed by atoms with Gasteiger partial charge in [0.15, 0.2) is 11.5 Å². The van der Waals surface area contributed by atoms with E-state index in [-0.39, 0.29) is 11.5 Å². The van der Waals surface area contributed by atoms with Crippen LogP contribution in [0.1, 0.15) is 29.8 Å². The molecule has 0 saturated heterocycles. The number of hydrogen-bond donors (Lipinski definition) is 1. The van der Waals surface area contributed by atoms with Crippen molar-refractivity contribution in [2.24, 2.45) is 0 Å². The van der Waals surface area contributed by atoms with Gasteiger partial charge in [-0.25, -0.2) is 0 Å². The molecule has 4 nitrogen and oxygen atoms in total. The monoisotopic (exact) mass is 333 g/mol. The first-order chi connectivity index (χ1) is 12.0. The van der Waals surface area contributed by atoms with Gasteiger partial charge >= 0.3 is 5.97 Å². The molecule has 0 aliphatic rings. The Morgan fingerprint density at radius 1 is 0.840 bits per heavy atom. The largest absolute Gasteiger partial charge is 0.424 e. The Kier molecular flexibility index (Phi) is 4.52. The van der Waals surface area contributed by atoms with Crippen LogP contribution >= 0.6 is 0 Å². The SMILES string of the molecule is CC(=O)Oc1c(-c2ccccc2)[nH]c(-c2ccc(C)cc2)c1C(C)=O. The van der Waals surface area contributed by atoms with Crippen molar-refractivity contribution in [3.05, 3.63) is 65.7 Å². The molecule has 0 fully saturated rings. The number of aromatic amines is 1. The summed E-state index contributed by atoms with van der Waals surface area (Å²) in [6.45, 7) is 4.81. The number of carbonyl (C=O) groups excluding carboxylic acids is 2. The third kappa shape index (κ3) is 3.38. The fourth-order valence-corrected chi connectivity index (χ4v) is 2.81. The van der Waals surface area contributed by atoms with E-state index < -0.39 is 5.97 Å². The second-order valence-electron chi connectivity index (χ2n) is 5.96. The number of benzene rings is 2. The maximum atomic E-state index is 12.3. The van der Waals surface area contributed by atoms with Crippen LogP contribution in [0.3, 0.4) is 0 Å². The molecule has 1 N–H and O–H groups in total. The quantitative estimate of drug-likeness (QED) is 0.552. The first-order valence-electron chi connectivity index (χ1n) is 8.05. The summed E-state index contributed by atoms with van der Waals surface area (Å²) in [5.74, 6) is -0.346. The van der Waals surface area contributed by atoms with Crippen molar-refractivity contribution in [1.29, 1.82) is 0 Å². The number of esters is 1. The fourth-order valence-electron chi connectivity index (χ4n) is 2.81. The van der Waals surface area contributed by atoms with Gasteiger partial charge in [-0.05, 0) is 19.4 Å². The first-order valence-corrected chi connectivity index (χ1v) is 8.05. The molecule has 3 aromatic rings. The van der Waals surface area contributed by atoms with Crippen molar-refractivity contribution in [2.45, 2.75) is 20.8 Å². The van der Waals surface area contributed by atoms with Gasteiger partial charge in [0.25, 0.3) is 0 Å². The van der Waals surface area contributed by atoms with Crippen LogP contribution in [0.2, 0.25) is 0 Å². The van der Waals surface area contributed by atoms with Crippen LogP contribution in [0.15, 0.2) is 54.6 Å². The van der Waals surface area contributed by atoms with Crippen LogP contribution in [0.25, 0.3) is 22.5 Å². The molecule has 25 heavy (non-hydrogen) atoms. The van der Waals surface area contributed by atoms with Gasteiger partial charge in [0.1, 0.15) is 0 Å². The smallest absolute Gasteiger partial charge is 0.308 e. The van der Waals surface area contributed by atoms with Crippen LogP contribution in [-0.2, 0) is 4.79 Å². The minimum absolute atomic E-state index is 0.162. The number of carbonyl (C=O) groups is 2. The third-order valence-electron chi connectivity index (χ3n) is 3.95. The number of ketones is 1. The van der Waals surface area contributed by atoms with Gasteiger partial charge < -0.3 is 9.72 Å². The van der Waals surface area contributed by atoms with Crippen molar-refractivity contribution in [1.82, 2.24) is 4.98 Å². The molecule has 0 bridgehead atoms. The highest BCUT2D eigenvalue weighted by Crippen LogP contribution is 2.40. The van der Waals surface area contributed by atoms with E-state index in [1.165, 1.54) is 13.8 Å². The molecule has 0 aliphatic carbocycles. The molecular weight excluding hydrogens is 314 g/mol. The number of ether oxygens (including phenoxy) is 1. The maximum absolute atomic E-state index is 12.3. The second-order valence-corrected chi connectivity index (χ2v) is 5.96. The zero-order valence-electron chi connectivity index (χ0n) is 14.4. The van der Waals surface area contributed by atoms with E-state index in [1.807, 2.05) is 61.5 Å². The molecule has 126 valence electrons. The molecule has 0 unspecified atom stereocenters. The lowest BCUT2D eigenvalue weighted by atomic mass is 10.0. The van der Waals surface area contributed by atoms with E-state index in [1.54, 1.807) is 0 Å². The molecule has 1 heterocycles. The van der Waals surface area contributed by atoms with Crippen LogP contribution in [0.4, 0.5) is 0 Å². The zero-order chi connectivity index (χ0) is 18.0. The van der Waals surface area contributed by atoms with E-state index in [2.05, 4.69) is 4.98 Å². The number of Topliss-reactive ketones (excluding diaryl/α,β-unsaturated/α-hetero) is 1. The van der Waals surface area contributed by atoms with Crippen LogP contribution in [0, 0.1) is 6.92 Å². The number of H-pyrrole nitrogens is 1. The second kappa shape index (κ2) is 6.77. The van der Waals surface area contributed by atoms with Crippen molar-refractivity contribution in [3.8, 4) is 28.3 Å². The van der Waals surface area contributed by atoms with Gasteiger partial charge in [0.05, 0.1) is 17.0 Å². The van der Waals surface area contributed by atoms with Gasteiger partial charge in [-0.3, -0.25) is 9.59 Å². The fraction of sp³-hybridized carbons (Fsp3) is 0.143. The Bertz CT molecular complexity index is 922. The summed E-state index contributed by atoms with van der Waals surface area (Å²) >= 11 is 0. The predicted molar refractivity (Wildman–Crippen MR) is 97.7 cm³/mol. The number of aryl methyl sites for hydroxylation is 1. The van der Waals surface area contributed by atoms with Gasteiger partial charge in [0.2, 0.25) is 0 Å². The highest BCUT2D eigenvalue weighted by Gasteiger charge is 2.25. The third-order valence-corrected chi connectivity index (χ3v) is 3.95. The summed E-state index contributed by atoms with van der Waals surface area (Å²) in [4.78, 5) is 27.2. The average molecular weight is 333 g/mol. The van der Waals surface area contributed by atoms with E-state index in [0.29, 0.717) is 17.0 Å². The summed E-state index contributed by atoms with van der Waals surface area (Å²) < 4.78 is 5.43. The van der Waals surface area contributed by atoms with Crippen molar-refractivity contribution >= 4 is 11.8 Å². The maximum Gasteiger partial charge on any atom is 0.308 e. The summed E-state index contributed by atoms with van der Waals surface area (Å²) in [7, 11) is 0. The lowest BCUT2D eigenvalue weighted by Crippen LogP contribution is -2.05. The lowest BCUT2D eigenvalue weighted by molar-refractivity contribution is -0.131. The molecule has 0 amide bonds. The molecule has 0 saturated carbocycles. The summed E-state index contributed by atoms with van der Waals surface area (Å²) in [6.07, 6.45) is 0. The topological polar surface area (TPSA) is 59.2 Å². The lowest BCUT2D eigenvalue weighted by Gasteiger charge is -2.06. The minimum Gasteiger partial charge on any atom is -0.424 e. The Labute approximate surface area is 146 Å². The number of hydrogen-bond acceptors (Lipinski definition) is 3. The summed E-state index contributed by atoms with van der Waals surface area (Å²) in [5.41, 5.74) is 4.51. The molecule has 1 aromatic heterocycles. The average Bonchev–Trinajstić information content (AvgIpc) is 2.95. The van der Waals surface area contributed by atoms with Gasteiger partial charge in [-0.2, -0.15) is 0 Å². The summed E-state index contributed by atoms with van der Waals surface area (Å²) in [6, 6.07) is 17.4. The van der Waals surface area contributed by atoms with Crippen LogP contribution in [-0.4, -0.2) is 16.7 Å². The zero-order valence-corrected chi connectivity index (χ0v) is 14.4. The molecule has 3 rings (SSSR count). The highest BCUT2D eigenvalue weighted by molar-refractivity contribution is 6.06. The normalized spacial score (nSPS) is 10.5. The van der Waals surface area contributed by atoms with Crippen LogP contribution in [0.5, 0.6) is 5.75 Å².